The summed E-state index contributed by atoms with van der Waals surface area (Å²) in [6.07, 6.45) is 2.19. The summed E-state index contributed by atoms with van der Waals surface area (Å²) in [6, 6.07) is 25.8. The van der Waals surface area contributed by atoms with Crippen molar-refractivity contribution in [2.75, 3.05) is 26.2 Å². The van der Waals surface area contributed by atoms with Gasteiger partial charge in [0, 0.05) is 62.3 Å². The Morgan fingerprint density at radius 1 is 0.562 bits per heavy atom. The van der Waals surface area contributed by atoms with Crippen LogP contribution in [-0.2, 0) is 32.0 Å². The third-order valence-corrected chi connectivity index (χ3v) is 7.96. The average molecular weight is 651 g/mol. The molecule has 48 heavy (non-hydrogen) atoms. The molecule has 4 aromatic rings. The van der Waals surface area contributed by atoms with E-state index in [0.717, 1.165) is 12.2 Å². The highest BCUT2D eigenvalue weighted by atomic mass is 19.1. The molecule has 0 spiro atoms. The number of ketones is 2. The van der Waals surface area contributed by atoms with Crippen molar-refractivity contribution in [2.24, 2.45) is 0 Å². The van der Waals surface area contributed by atoms with Crippen LogP contribution in [0.1, 0.15) is 33.4 Å². The van der Waals surface area contributed by atoms with Gasteiger partial charge in [0.05, 0.1) is 0 Å². The Bertz CT molecular complexity index is 1790. The number of amides is 2. The smallest absolute Gasteiger partial charge is 0.294 e. The zero-order chi connectivity index (χ0) is 34.2. The standard InChI is InChI=1S/C38H32F2N2O6/c39-31-13-3-1-9-27(31)19-25-7-5-11-29(21-25)33(43)23-35(45)37(47)41-15-17-42(18-16-41)38(48)36(46)24-34(44)30-12-6-8-26(22-30)20-28-10-2-4-14-32(28)40/h1-14,21-24,43-44H,15-20H2/b33-23-,34-24-. The highest BCUT2D eigenvalue weighted by Crippen LogP contribution is 2.20. The van der Waals surface area contributed by atoms with Gasteiger partial charge in [-0.3, -0.25) is 19.2 Å². The molecule has 2 amide bonds. The summed E-state index contributed by atoms with van der Waals surface area (Å²) in [5, 5.41) is 21.1. The SMILES string of the molecule is O=C(/C=C(\O)c1cccc(Cc2ccccc2F)c1)C(=O)N1CCN(C(=O)C(=O)/C=C(\O)c2cccc(Cc3ccccc3F)c2)CC1. The van der Waals surface area contributed by atoms with Crippen molar-refractivity contribution in [1.82, 2.24) is 9.80 Å². The van der Waals surface area contributed by atoms with E-state index in [1.54, 1.807) is 84.9 Å². The molecule has 8 nitrogen and oxygen atoms in total. The molecule has 5 rings (SSSR count). The van der Waals surface area contributed by atoms with Gasteiger partial charge in [-0.05, 0) is 46.5 Å². The molecule has 2 N–H and O–H groups in total. The summed E-state index contributed by atoms with van der Waals surface area (Å²) >= 11 is 0. The molecule has 4 aromatic carbocycles. The van der Waals surface area contributed by atoms with Crippen LogP contribution < -0.4 is 0 Å². The maximum Gasteiger partial charge on any atom is 0.294 e. The van der Waals surface area contributed by atoms with Gasteiger partial charge < -0.3 is 20.0 Å². The predicted molar refractivity (Wildman–Crippen MR) is 176 cm³/mol. The molecular formula is C38H32F2N2O6. The molecule has 0 saturated carbocycles. The number of hydrogen-bond donors (Lipinski definition) is 2. The molecule has 10 heteroatoms. The van der Waals surface area contributed by atoms with Crippen molar-refractivity contribution in [2.45, 2.75) is 12.8 Å². The number of nitrogens with zero attached hydrogens (tertiary/aromatic N) is 2. The number of piperazine rings is 1. The Morgan fingerprint density at radius 2 is 0.938 bits per heavy atom. The number of aliphatic hydroxyl groups excluding tert-OH is 2. The van der Waals surface area contributed by atoms with Crippen LogP contribution in [0.5, 0.6) is 0 Å². The second-order valence-corrected chi connectivity index (χ2v) is 11.3. The molecule has 1 saturated heterocycles. The monoisotopic (exact) mass is 650 g/mol. The van der Waals surface area contributed by atoms with Crippen molar-refractivity contribution in [3.05, 3.63) is 154 Å². The lowest BCUT2D eigenvalue weighted by atomic mass is 10.0. The highest BCUT2D eigenvalue weighted by Gasteiger charge is 2.29. The summed E-state index contributed by atoms with van der Waals surface area (Å²) in [5.41, 5.74) is 2.91. The van der Waals surface area contributed by atoms with Gasteiger partial charge in [-0.2, -0.15) is 0 Å². The van der Waals surface area contributed by atoms with Gasteiger partial charge in [0.2, 0.25) is 11.6 Å². The van der Waals surface area contributed by atoms with Crippen LogP contribution in [0, 0.1) is 11.6 Å². The third-order valence-electron chi connectivity index (χ3n) is 7.96. The number of carbonyl (C=O) groups is 4. The molecule has 0 aromatic heterocycles. The fourth-order valence-electron chi connectivity index (χ4n) is 5.37. The Morgan fingerprint density at radius 3 is 1.31 bits per heavy atom. The van der Waals surface area contributed by atoms with Crippen molar-refractivity contribution in [3.63, 3.8) is 0 Å². The van der Waals surface area contributed by atoms with E-state index in [-0.39, 0.29) is 61.8 Å². The molecule has 0 aliphatic carbocycles. The number of halogens is 2. The molecule has 1 aliphatic heterocycles. The van der Waals surface area contributed by atoms with Crippen LogP contribution in [0.3, 0.4) is 0 Å². The molecular weight excluding hydrogens is 618 g/mol. The van der Waals surface area contributed by atoms with Crippen LogP contribution >= 0.6 is 0 Å². The summed E-state index contributed by atoms with van der Waals surface area (Å²) in [7, 11) is 0. The van der Waals surface area contributed by atoms with Crippen molar-refractivity contribution >= 4 is 34.9 Å². The first-order valence-corrected chi connectivity index (χ1v) is 15.2. The van der Waals surface area contributed by atoms with E-state index in [1.165, 1.54) is 21.9 Å². The Hall–Kier alpha value is -5.90. The normalized spacial score (nSPS) is 13.7. The van der Waals surface area contributed by atoms with Gasteiger partial charge in [0.1, 0.15) is 23.2 Å². The number of rotatable bonds is 10. The minimum Gasteiger partial charge on any atom is -0.507 e. The van der Waals surface area contributed by atoms with E-state index in [1.807, 2.05) is 0 Å². The van der Waals surface area contributed by atoms with E-state index < -0.39 is 34.9 Å². The zero-order valence-electron chi connectivity index (χ0n) is 25.8. The Balaban J connectivity index is 1.15. The van der Waals surface area contributed by atoms with Crippen LogP contribution in [-0.4, -0.2) is 69.6 Å². The largest absolute Gasteiger partial charge is 0.507 e. The minimum absolute atomic E-state index is 0.0237. The first-order chi connectivity index (χ1) is 23.1. The maximum absolute atomic E-state index is 14.1. The summed E-state index contributed by atoms with van der Waals surface area (Å²) < 4.78 is 28.1. The van der Waals surface area contributed by atoms with Gasteiger partial charge in [0.25, 0.3) is 11.8 Å². The number of hydrogen-bond acceptors (Lipinski definition) is 6. The van der Waals surface area contributed by atoms with Crippen molar-refractivity contribution in [3.8, 4) is 0 Å². The van der Waals surface area contributed by atoms with Gasteiger partial charge >= 0.3 is 0 Å². The van der Waals surface area contributed by atoms with E-state index in [2.05, 4.69) is 0 Å². The average Bonchev–Trinajstić information content (AvgIpc) is 3.10. The van der Waals surface area contributed by atoms with Gasteiger partial charge in [-0.1, -0.05) is 72.8 Å². The predicted octanol–water partition coefficient (Wildman–Crippen LogP) is 5.45. The van der Waals surface area contributed by atoms with E-state index >= 15 is 0 Å². The number of carbonyl (C=O) groups excluding carboxylic acids is 4. The van der Waals surface area contributed by atoms with E-state index in [0.29, 0.717) is 22.3 Å². The summed E-state index contributed by atoms with van der Waals surface area (Å²) in [4.78, 5) is 53.5. The molecule has 244 valence electrons. The van der Waals surface area contributed by atoms with Gasteiger partial charge in [-0.25, -0.2) is 8.78 Å². The lowest BCUT2D eigenvalue weighted by Gasteiger charge is -2.33. The maximum atomic E-state index is 14.1. The van der Waals surface area contributed by atoms with Crippen LogP contribution in [0.15, 0.2) is 109 Å². The Kier molecular flexibility index (Phi) is 10.5. The molecule has 1 aliphatic rings. The molecule has 0 radical (unpaired) electrons. The topological polar surface area (TPSA) is 115 Å². The van der Waals surface area contributed by atoms with E-state index in [9.17, 15) is 38.2 Å². The quantitative estimate of drug-likeness (QED) is 0.134. The first-order valence-electron chi connectivity index (χ1n) is 15.2. The second-order valence-electron chi connectivity index (χ2n) is 11.3. The molecule has 1 fully saturated rings. The van der Waals surface area contributed by atoms with Crippen molar-refractivity contribution in [1.29, 1.82) is 0 Å². The van der Waals surface area contributed by atoms with Crippen LogP contribution in [0.2, 0.25) is 0 Å². The third kappa shape index (κ3) is 8.27. The van der Waals surface area contributed by atoms with Crippen molar-refractivity contribution < 1.29 is 38.2 Å². The second kappa shape index (κ2) is 15.1. The first kappa shape index (κ1) is 33.5. The zero-order valence-corrected chi connectivity index (χ0v) is 25.8. The van der Waals surface area contributed by atoms with Crippen LogP contribution in [0.25, 0.3) is 11.5 Å². The number of aliphatic hydroxyl groups is 2. The van der Waals surface area contributed by atoms with Gasteiger partial charge in [0.15, 0.2) is 0 Å². The summed E-state index contributed by atoms with van der Waals surface area (Å²) in [6.45, 7) is -0.0948. The van der Waals surface area contributed by atoms with E-state index in [4.69, 9.17) is 0 Å². The fourth-order valence-corrected chi connectivity index (χ4v) is 5.37. The lowest BCUT2D eigenvalue weighted by Crippen LogP contribution is -2.53. The highest BCUT2D eigenvalue weighted by molar-refractivity contribution is 6.42. The Labute approximate surface area is 275 Å². The lowest BCUT2D eigenvalue weighted by molar-refractivity contribution is -0.147. The minimum atomic E-state index is -0.965. The number of benzene rings is 4. The summed E-state index contributed by atoms with van der Waals surface area (Å²) in [5.74, 6) is -5.25. The molecule has 0 bridgehead atoms. The molecule has 0 unspecified atom stereocenters. The van der Waals surface area contributed by atoms with Crippen LogP contribution in [0.4, 0.5) is 8.78 Å². The molecule has 0 atom stereocenters. The molecule has 1 heterocycles. The fraction of sp³-hybridized carbons (Fsp3) is 0.158. The van der Waals surface area contributed by atoms with Gasteiger partial charge in [-0.15, -0.1) is 0 Å².